The highest BCUT2D eigenvalue weighted by Gasteiger charge is 2.37. The summed E-state index contributed by atoms with van der Waals surface area (Å²) in [5.41, 5.74) is 6.88. The van der Waals surface area contributed by atoms with Crippen molar-refractivity contribution in [3.8, 4) is 0 Å². The standard InChI is InChI=1S/C19H20O/c1-12-6-7-13-10-18-15(9-14(13)8-12)11-19(20)17-5-3-2-4-16(17)18/h2-8,15,18-20H,9-11H2,1H3. The fourth-order valence-electron chi connectivity index (χ4n) is 4.15. The smallest absolute Gasteiger partial charge is 0.0795 e. The third kappa shape index (κ3) is 1.81. The molecule has 3 atom stereocenters. The monoisotopic (exact) mass is 264 g/mol. The van der Waals surface area contributed by atoms with Gasteiger partial charge in [0.25, 0.3) is 0 Å². The minimum atomic E-state index is -0.279. The highest BCUT2D eigenvalue weighted by atomic mass is 16.3. The Balaban J connectivity index is 1.79. The minimum absolute atomic E-state index is 0.279. The molecule has 0 fully saturated rings. The number of aliphatic hydroxyl groups excluding tert-OH is 1. The Kier molecular flexibility index (Phi) is 2.71. The van der Waals surface area contributed by atoms with Crippen molar-refractivity contribution in [2.75, 3.05) is 0 Å². The molecular weight excluding hydrogens is 244 g/mol. The molecule has 0 amide bonds. The maximum absolute atomic E-state index is 10.4. The second-order valence-corrected chi connectivity index (χ2v) is 6.43. The summed E-state index contributed by atoms with van der Waals surface area (Å²) >= 11 is 0. The van der Waals surface area contributed by atoms with Crippen LogP contribution >= 0.6 is 0 Å². The number of aryl methyl sites for hydroxylation is 1. The summed E-state index contributed by atoms with van der Waals surface area (Å²) in [6.45, 7) is 2.16. The lowest BCUT2D eigenvalue weighted by atomic mass is 9.65. The molecule has 2 aliphatic rings. The van der Waals surface area contributed by atoms with Crippen LogP contribution in [0.15, 0.2) is 42.5 Å². The number of aliphatic hydroxyl groups is 1. The molecule has 0 aliphatic heterocycles. The molecule has 0 saturated heterocycles. The van der Waals surface area contributed by atoms with Gasteiger partial charge in [-0.05, 0) is 60.3 Å². The average molecular weight is 264 g/mol. The normalized spacial score (nSPS) is 27.4. The van der Waals surface area contributed by atoms with Crippen molar-refractivity contribution in [2.45, 2.75) is 38.2 Å². The van der Waals surface area contributed by atoms with Crippen molar-refractivity contribution >= 4 is 0 Å². The van der Waals surface area contributed by atoms with E-state index < -0.39 is 0 Å². The molecule has 1 nitrogen and oxygen atoms in total. The Labute approximate surface area is 120 Å². The lowest BCUT2D eigenvalue weighted by Crippen LogP contribution is -2.30. The van der Waals surface area contributed by atoms with Gasteiger partial charge in [-0.3, -0.25) is 0 Å². The third-order valence-corrected chi connectivity index (χ3v) is 5.13. The maximum atomic E-state index is 10.4. The van der Waals surface area contributed by atoms with Gasteiger partial charge in [0.05, 0.1) is 6.10 Å². The highest BCUT2D eigenvalue weighted by molar-refractivity contribution is 5.42. The van der Waals surface area contributed by atoms with Crippen LogP contribution in [0.5, 0.6) is 0 Å². The van der Waals surface area contributed by atoms with E-state index in [0.717, 1.165) is 24.8 Å². The van der Waals surface area contributed by atoms with E-state index in [0.29, 0.717) is 11.8 Å². The van der Waals surface area contributed by atoms with E-state index in [1.54, 1.807) is 0 Å². The number of fused-ring (bicyclic) bond motifs is 4. The van der Waals surface area contributed by atoms with E-state index in [-0.39, 0.29) is 6.10 Å². The first-order valence-electron chi connectivity index (χ1n) is 7.57. The Morgan fingerprint density at radius 2 is 1.75 bits per heavy atom. The lowest BCUT2D eigenvalue weighted by Gasteiger charge is -2.40. The SMILES string of the molecule is Cc1ccc2c(c1)CC1CC(O)c3ccccc3C1C2. The molecule has 3 unspecified atom stereocenters. The molecule has 2 aromatic carbocycles. The van der Waals surface area contributed by atoms with Gasteiger partial charge >= 0.3 is 0 Å². The van der Waals surface area contributed by atoms with E-state index >= 15 is 0 Å². The average Bonchev–Trinajstić information content (AvgIpc) is 2.46. The summed E-state index contributed by atoms with van der Waals surface area (Å²) in [6.07, 6.45) is 2.88. The maximum Gasteiger partial charge on any atom is 0.0795 e. The topological polar surface area (TPSA) is 20.2 Å². The highest BCUT2D eigenvalue weighted by Crippen LogP contribution is 2.47. The van der Waals surface area contributed by atoms with Crippen LogP contribution in [0.4, 0.5) is 0 Å². The van der Waals surface area contributed by atoms with Gasteiger partial charge in [-0.2, -0.15) is 0 Å². The van der Waals surface area contributed by atoms with E-state index in [4.69, 9.17) is 0 Å². The first-order valence-corrected chi connectivity index (χ1v) is 7.57. The van der Waals surface area contributed by atoms with Gasteiger partial charge in [0, 0.05) is 0 Å². The van der Waals surface area contributed by atoms with Gasteiger partial charge < -0.3 is 5.11 Å². The van der Waals surface area contributed by atoms with Gasteiger partial charge in [-0.25, -0.2) is 0 Å². The zero-order valence-electron chi connectivity index (χ0n) is 11.8. The molecule has 0 spiro atoms. The Bertz CT molecular complexity index is 659. The van der Waals surface area contributed by atoms with Crippen molar-refractivity contribution < 1.29 is 5.11 Å². The van der Waals surface area contributed by atoms with Crippen molar-refractivity contribution in [2.24, 2.45) is 5.92 Å². The number of rotatable bonds is 0. The molecular formula is C19H20O. The molecule has 0 radical (unpaired) electrons. The van der Waals surface area contributed by atoms with Crippen LogP contribution in [-0.2, 0) is 12.8 Å². The molecule has 2 aromatic rings. The van der Waals surface area contributed by atoms with Crippen molar-refractivity contribution in [1.82, 2.24) is 0 Å². The molecule has 102 valence electrons. The third-order valence-electron chi connectivity index (χ3n) is 5.13. The van der Waals surface area contributed by atoms with Crippen LogP contribution in [0.1, 0.15) is 46.3 Å². The molecule has 1 heteroatoms. The zero-order valence-corrected chi connectivity index (χ0v) is 11.8. The van der Waals surface area contributed by atoms with Gasteiger partial charge in [0.2, 0.25) is 0 Å². The molecule has 20 heavy (non-hydrogen) atoms. The predicted molar refractivity (Wildman–Crippen MR) is 80.8 cm³/mol. The van der Waals surface area contributed by atoms with Crippen LogP contribution in [0.3, 0.4) is 0 Å². The largest absolute Gasteiger partial charge is 0.388 e. The molecule has 4 rings (SSSR count). The van der Waals surface area contributed by atoms with Crippen LogP contribution in [0, 0.1) is 12.8 Å². The van der Waals surface area contributed by atoms with Gasteiger partial charge in [0.1, 0.15) is 0 Å². The Morgan fingerprint density at radius 1 is 0.950 bits per heavy atom. The Morgan fingerprint density at radius 3 is 2.60 bits per heavy atom. The Hall–Kier alpha value is -1.60. The summed E-state index contributed by atoms with van der Waals surface area (Å²) < 4.78 is 0. The molecule has 2 aliphatic carbocycles. The summed E-state index contributed by atoms with van der Waals surface area (Å²) in [4.78, 5) is 0. The van der Waals surface area contributed by atoms with Gasteiger partial charge in [0.15, 0.2) is 0 Å². The first kappa shape index (κ1) is 12.2. The molecule has 0 heterocycles. The fraction of sp³-hybridized carbons (Fsp3) is 0.368. The van der Waals surface area contributed by atoms with Crippen LogP contribution in [0.2, 0.25) is 0 Å². The van der Waals surface area contributed by atoms with Crippen LogP contribution in [0.25, 0.3) is 0 Å². The molecule has 0 saturated carbocycles. The number of hydrogen-bond donors (Lipinski definition) is 1. The van der Waals surface area contributed by atoms with Gasteiger partial charge in [-0.15, -0.1) is 0 Å². The molecule has 1 N–H and O–H groups in total. The van der Waals surface area contributed by atoms with E-state index in [2.05, 4.69) is 43.3 Å². The lowest BCUT2D eigenvalue weighted by molar-refractivity contribution is 0.117. The van der Waals surface area contributed by atoms with Crippen LogP contribution < -0.4 is 0 Å². The first-order chi connectivity index (χ1) is 9.72. The predicted octanol–water partition coefficient (Wildman–Crippen LogP) is 3.93. The number of benzene rings is 2. The van der Waals surface area contributed by atoms with Crippen LogP contribution in [-0.4, -0.2) is 5.11 Å². The van der Waals surface area contributed by atoms with Crippen molar-refractivity contribution in [3.63, 3.8) is 0 Å². The number of hydrogen-bond acceptors (Lipinski definition) is 1. The second-order valence-electron chi connectivity index (χ2n) is 6.43. The summed E-state index contributed by atoms with van der Waals surface area (Å²) in [5.74, 6) is 1.18. The summed E-state index contributed by atoms with van der Waals surface area (Å²) in [6, 6.07) is 15.3. The molecule has 0 bridgehead atoms. The summed E-state index contributed by atoms with van der Waals surface area (Å²) in [7, 11) is 0. The van der Waals surface area contributed by atoms with E-state index in [1.807, 2.05) is 6.07 Å². The van der Waals surface area contributed by atoms with E-state index in [9.17, 15) is 5.11 Å². The van der Waals surface area contributed by atoms with E-state index in [1.165, 1.54) is 22.3 Å². The quantitative estimate of drug-likeness (QED) is 0.764. The summed E-state index contributed by atoms with van der Waals surface area (Å²) in [5, 5.41) is 10.4. The van der Waals surface area contributed by atoms with Gasteiger partial charge in [-0.1, -0.05) is 48.0 Å². The second kappa shape index (κ2) is 4.46. The zero-order chi connectivity index (χ0) is 13.7. The van der Waals surface area contributed by atoms with Crippen molar-refractivity contribution in [3.05, 3.63) is 70.3 Å². The molecule has 0 aromatic heterocycles. The fourth-order valence-corrected chi connectivity index (χ4v) is 4.15. The van der Waals surface area contributed by atoms with Crippen molar-refractivity contribution in [1.29, 1.82) is 0 Å². The minimum Gasteiger partial charge on any atom is -0.388 e.